The zero-order valence-electron chi connectivity index (χ0n) is 14.7. The van der Waals surface area contributed by atoms with Crippen LogP contribution in [0.3, 0.4) is 0 Å². The van der Waals surface area contributed by atoms with E-state index in [-0.39, 0.29) is 10.5 Å². The molecule has 6 nitrogen and oxygen atoms in total. The highest BCUT2D eigenvalue weighted by Gasteiger charge is 2.26. The minimum absolute atomic E-state index is 0.0222. The predicted molar refractivity (Wildman–Crippen MR) is 103 cm³/mol. The van der Waals surface area contributed by atoms with Crippen molar-refractivity contribution in [3.05, 3.63) is 89.8 Å². The monoisotopic (exact) mass is 413 g/mol. The van der Waals surface area contributed by atoms with Crippen LogP contribution < -0.4 is 4.72 Å². The van der Waals surface area contributed by atoms with E-state index in [4.69, 9.17) is 0 Å². The lowest BCUT2D eigenvalue weighted by Crippen LogP contribution is -2.16. The molecule has 0 aliphatic rings. The van der Waals surface area contributed by atoms with Crippen molar-refractivity contribution in [2.45, 2.75) is 4.90 Å². The SMILES string of the molecule is O=C(c1c(F)ccc(NS(=O)(=O)c2ccccc2)c1F)c1c[nH]c2ncccc12. The molecule has 4 rings (SSSR count). The fourth-order valence-corrected chi connectivity index (χ4v) is 4.00. The molecule has 9 heteroatoms. The Morgan fingerprint density at radius 3 is 2.52 bits per heavy atom. The number of benzene rings is 2. The Bertz CT molecular complexity index is 1340. The maximum atomic E-state index is 15.0. The predicted octanol–water partition coefficient (Wildman–Crippen LogP) is 3.87. The standard InChI is InChI=1S/C20H13F2N3O3S/c21-15-8-9-16(25-29(27,28)12-5-2-1-3-6-12)18(22)17(15)19(26)14-11-24-20-13(14)7-4-10-23-20/h1-11,25H,(H,23,24). The second-order valence-electron chi connectivity index (χ2n) is 6.13. The van der Waals surface area contributed by atoms with E-state index in [9.17, 15) is 17.6 Å². The number of H-pyrrole nitrogens is 1. The molecule has 2 N–H and O–H groups in total. The highest BCUT2D eigenvalue weighted by Crippen LogP contribution is 2.28. The Labute approximate surface area is 164 Å². The number of hydrogen-bond donors (Lipinski definition) is 2. The Kier molecular flexibility index (Phi) is 4.59. The van der Waals surface area contributed by atoms with Gasteiger partial charge in [-0.3, -0.25) is 9.52 Å². The summed E-state index contributed by atoms with van der Waals surface area (Å²) in [6.45, 7) is 0. The third kappa shape index (κ3) is 3.36. The molecule has 0 atom stereocenters. The van der Waals surface area contributed by atoms with Gasteiger partial charge >= 0.3 is 0 Å². The molecule has 0 aliphatic heterocycles. The molecule has 146 valence electrons. The number of anilines is 1. The summed E-state index contributed by atoms with van der Waals surface area (Å²) in [5.74, 6) is -3.33. The first-order valence-electron chi connectivity index (χ1n) is 8.41. The average molecular weight is 413 g/mol. The van der Waals surface area contributed by atoms with Crippen LogP contribution in [0.25, 0.3) is 11.0 Å². The molecule has 4 aromatic rings. The summed E-state index contributed by atoms with van der Waals surface area (Å²) in [6.07, 6.45) is 2.81. The van der Waals surface area contributed by atoms with Gasteiger partial charge in [0.2, 0.25) is 5.78 Å². The molecule has 0 amide bonds. The summed E-state index contributed by atoms with van der Waals surface area (Å²) in [5, 5.41) is 0.395. The van der Waals surface area contributed by atoms with Gasteiger partial charge < -0.3 is 4.98 Å². The number of aromatic amines is 1. The van der Waals surface area contributed by atoms with Gasteiger partial charge in [0.05, 0.1) is 16.1 Å². The molecule has 0 saturated heterocycles. The van der Waals surface area contributed by atoms with E-state index < -0.39 is 38.7 Å². The summed E-state index contributed by atoms with van der Waals surface area (Å²) in [7, 11) is -4.12. The number of nitrogens with zero attached hydrogens (tertiary/aromatic N) is 1. The second-order valence-corrected chi connectivity index (χ2v) is 7.82. The van der Waals surface area contributed by atoms with Gasteiger partial charge in [0.1, 0.15) is 11.5 Å². The van der Waals surface area contributed by atoms with Crippen molar-refractivity contribution in [2.75, 3.05) is 4.72 Å². The normalized spacial score (nSPS) is 11.5. The van der Waals surface area contributed by atoms with Crippen LogP contribution in [-0.4, -0.2) is 24.2 Å². The summed E-state index contributed by atoms with van der Waals surface area (Å²) < 4.78 is 56.3. The Balaban J connectivity index is 1.77. The van der Waals surface area contributed by atoms with Crippen molar-refractivity contribution < 1.29 is 22.0 Å². The van der Waals surface area contributed by atoms with Gasteiger partial charge in [-0.2, -0.15) is 0 Å². The number of carbonyl (C=O) groups excluding carboxylic acids is 1. The zero-order valence-corrected chi connectivity index (χ0v) is 15.5. The lowest BCUT2D eigenvalue weighted by molar-refractivity contribution is 0.103. The molecule has 2 aromatic carbocycles. The van der Waals surface area contributed by atoms with Crippen LogP contribution in [-0.2, 0) is 10.0 Å². The van der Waals surface area contributed by atoms with Gasteiger partial charge in [-0.25, -0.2) is 22.2 Å². The van der Waals surface area contributed by atoms with Crippen LogP contribution in [0.2, 0.25) is 0 Å². The summed E-state index contributed by atoms with van der Waals surface area (Å²) in [6, 6.07) is 12.2. The minimum atomic E-state index is -4.12. The molecule has 2 heterocycles. The molecular weight excluding hydrogens is 400 g/mol. The van der Waals surface area contributed by atoms with Crippen molar-refractivity contribution in [3.63, 3.8) is 0 Å². The minimum Gasteiger partial charge on any atom is -0.345 e. The number of halogens is 2. The second kappa shape index (κ2) is 7.10. The molecular formula is C20H13F2N3O3S. The summed E-state index contributed by atoms with van der Waals surface area (Å²) in [5.41, 5.74) is -0.980. The van der Waals surface area contributed by atoms with Crippen LogP contribution in [0.5, 0.6) is 0 Å². The van der Waals surface area contributed by atoms with Crippen LogP contribution in [0.15, 0.2) is 71.9 Å². The van der Waals surface area contributed by atoms with E-state index in [1.807, 2.05) is 0 Å². The average Bonchev–Trinajstić information content (AvgIpc) is 3.15. The topological polar surface area (TPSA) is 91.9 Å². The zero-order chi connectivity index (χ0) is 20.6. The molecule has 29 heavy (non-hydrogen) atoms. The maximum Gasteiger partial charge on any atom is 0.261 e. The first kappa shape index (κ1) is 18.8. The quantitative estimate of drug-likeness (QED) is 0.486. The summed E-state index contributed by atoms with van der Waals surface area (Å²) >= 11 is 0. The smallest absolute Gasteiger partial charge is 0.261 e. The third-order valence-electron chi connectivity index (χ3n) is 4.31. The van der Waals surface area contributed by atoms with Crippen molar-refractivity contribution in [3.8, 4) is 0 Å². The fraction of sp³-hybridized carbons (Fsp3) is 0. The molecule has 0 fully saturated rings. The lowest BCUT2D eigenvalue weighted by Gasteiger charge is -2.12. The van der Waals surface area contributed by atoms with Gasteiger partial charge in [-0.15, -0.1) is 0 Å². The number of aromatic nitrogens is 2. The Hall–Kier alpha value is -3.59. The first-order valence-corrected chi connectivity index (χ1v) is 9.89. The van der Waals surface area contributed by atoms with E-state index >= 15 is 4.39 Å². The maximum absolute atomic E-state index is 15.0. The Morgan fingerprint density at radius 1 is 1.00 bits per heavy atom. The number of pyridine rings is 1. The molecule has 0 bridgehead atoms. The number of hydrogen-bond acceptors (Lipinski definition) is 4. The molecule has 0 saturated carbocycles. The van der Waals surface area contributed by atoms with Crippen molar-refractivity contribution in [2.24, 2.45) is 0 Å². The van der Waals surface area contributed by atoms with Crippen molar-refractivity contribution in [1.29, 1.82) is 0 Å². The van der Waals surface area contributed by atoms with Gasteiger partial charge in [0.15, 0.2) is 5.82 Å². The number of fused-ring (bicyclic) bond motifs is 1. The van der Waals surface area contributed by atoms with E-state index in [0.29, 0.717) is 11.0 Å². The Morgan fingerprint density at radius 2 is 1.76 bits per heavy atom. The first-order chi connectivity index (χ1) is 13.9. The van der Waals surface area contributed by atoms with Gasteiger partial charge in [-0.05, 0) is 36.4 Å². The van der Waals surface area contributed by atoms with E-state index in [1.54, 1.807) is 18.2 Å². The number of rotatable bonds is 5. The number of nitrogens with one attached hydrogen (secondary N) is 2. The largest absolute Gasteiger partial charge is 0.345 e. The lowest BCUT2D eigenvalue weighted by atomic mass is 10.0. The fourth-order valence-electron chi connectivity index (χ4n) is 2.92. The number of carbonyl (C=O) groups is 1. The van der Waals surface area contributed by atoms with Crippen LogP contribution in [0.1, 0.15) is 15.9 Å². The number of ketones is 1. The van der Waals surface area contributed by atoms with E-state index in [2.05, 4.69) is 14.7 Å². The molecule has 0 unspecified atom stereocenters. The van der Waals surface area contributed by atoms with Crippen LogP contribution in [0, 0.1) is 11.6 Å². The molecule has 0 spiro atoms. The highest BCUT2D eigenvalue weighted by molar-refractivity contribution is 7.92. The van der Waals surface area contributed by atoms with Crippen molar-refractivity contribution >= 4 is 32.5 Å². The van der Waals surface area contributed by atoms with Gasteiger partial charge in [-0.1, -0.05) is 18.2 Å². The van der Waals surface area contributed by atoms with E-state index in [1.165, 1.54) is 36.7 Å². The van der Waals surface area contributed by atoms with Crippen molar-refractivity contribution in [1.82, 2.24) is 9.97 Å². The van der Waals surface area contributed by atoms with Gasteiger partial charge in [0, 0.05) is 23.3 Å². The van der Waals surface area contributed by atoms with Crippen LogP contribution >= 0.6 is 0 Å². The highest BCUT2D eigenvalue weighted by atomic mass is 32.2. The van der Waals surface area contributed by atoms with E-state index in [0.717, 1.165) is 12.1 Å². The third-order valence-corrected chi connectivity index (χ3v) is 5.69. The molecule has 0 radical (unpaired) electrons. The number of sulfonamides is 1. The van der Waals surface area contributed by atoms with Crippen LogP contribution in [0.4, 0.5) is 14.5 Å². The summed E-state index contributed by atoms with van der Waals surface area (Å²) in [4.78, 5) is 19.5. The molecule has 2 aromatic heterocycles. The van der Waals surface area contributed by atoms with Gasteiger partial charge in [0.25, 0.3) is 10.0 Å². The molecule has 0 aliphatic carbocycles.